The van der Waals surface area contributed by atoms with Gasteiger partial charge in [0.15, 0.2) is 0 Å². The summed E-state index contributed by atoms with van der Waals surface area (Å²) in [4.78, 5) is 9.92. The van der Waals surface area contributed by atoms with E-state index in [-0.39, 0.29) is 0 Å². The van der Waals surface area contributed by atoms with Crippen LogP contribution in [0.1, 0.15) is 36.4 Å². The highest BCUT2D eigenvalue weighted by Crippen LogP contribution is 2.31. The lowest BCUT2D eigenvalue weighted by atomic mass is 9.99. The number of aromatic nitrogens is 2. The van der Waals surface area contributed by atoms with E-state index in [0.29, 0.717) is 0 Å². The van der Waals surface area contributed by atoms with Crippen molar-refractivity contribution in [3.05, 3.63) is 58.9 Å². The lowest BCUT2D eigenvalue weighted by Gasteiger charge is -2.11. The van der Waals surface area contributed by atoms with Crippen LogP contribution in [0.2, 0.25) is 0 Å². The zero-order chi connectivity index (χ0) is 16.8. The minimum absolute atomic E-state index is 0.961. The fourth-order valence-corrected chi connectivity index (χ4v) is 3.69. The van der Waals surface area contributed by atoms with Gasteiger partial charge in [0.1, 0.15) is 0 Å². The van der Waals surface area contributed by atoms with Crippen molar-refractivity contribution in [2.24, 2.45) is 0 Å². The molecule has 2 nitrogen and oxygen atoms in total. The molecule has 0 spiro atoms. The van der Waals surface area contributed by atoms with E-state index in [1.807, 2.05) is 0 Å². The molecule has 0 aliphatic heterocycles. The fraction of sp³-hybridized carbons (Fsp3) is 0.273. The van der Waals surface area contributed by atoms with E-state index in [9.17, 15) is 0 Å². The van der Waals surface area contributed by atoms with Crippen molar-refractivity contribution in [1.29, 1.82) is 0 Å². The Labute approximate surface area is 142 Å². The second-order valence-corrected chi connectivity index (χ2v) is 6.58. The normalized spacial score (nSPS) is 11.7. The topological polar surface area (TPSA) is 25.8 Å². The first-order chi connectivity index (χ1) is 11.6. The molecule has 0 amide bonds. The van der Waals surface area contributed by atoms with Gasteiger partial charge >= 0.3 is 0 Å². The molecule has 2 aromatic heterocycles. The minimum Gasteiger partial charge on any atom is -0.252 e. The van der Waals surface area contributed by atoms with Crippen molar-refractivity contribution in [3.8, 4) is 0 Å². The summed E-state index contributed by atoms with van der Waals surface area (Å²) >= 11 is 0. The predicted molar refractivity (Wildman–Crippen MR) is 103 cm³/mol. The smallest absolute Gasteiger partial charge is 0.0784 e. The molecule has 0 unspecified atom stereocenters. The maximum absolute atomic E-state index is 4.96. The molecule has 4 aromatic rings. The van der Waals surface area contributed by atoms with Crippen LogP contribution in [0.4, 0.5) is 0 Å². The Morgan fingerprint density at radius 2 is 1.08 bits per heavy atom. The third-order valence-electron chi connectivity index (χ3n) is 5.02. The Hall–Kier alpha value is -2.48. The van der Waals surface area contributed by atoms with Crippen LogP contribution in [0.25, 0.3) is 32.6 Å². The quantitative estimate of drug-likeness (QED) is 0.445. The second-order valence-electron chi connectivity index (χ2n) is 6.58. The molecular formula is C22H22N2. The molecule has 0 aliphatic rings. The molecule has 0 radical (unpaired) electrons. The van der Waals surface area contributed by atoms with Gasteiger partial charge in [0, 0.05) is 32.9 Å². The molecule has 2 heterocycles. The van der Waals surface area contributed by atoms with E-state index in [4.69, 9.17) is 9.97 Å². The molecule has 2 aromatic carbocycles. The second kappa shape index (κ2) is 5.55. The van der Waals surface area contributed by atoms with Crippen molar-refractivity contribution in [2.75, 3.05) is 0 Å². The zero-order valence-electron chi connectivity index (χ0n) is 14.8. The molecule has 0 atom stereocenters. The summed E-state index contributed by atoms with van der Waals surface area (Å²) in [6.07, 6.45) is 1.92. The van der Waals surface area contributed by atoms with Gasteiger partial charge in [-0.3, -0.25) is 9.97 Å². The van der Waals surface area contributed by atoms with Crippen LogP contribution in [0.15, 0.2) is 36.4 Å². The summed E-state index contributed by atoms with van der Waals surface area (Å²) in [5, 5.41) is 4.82. The zero-order valence-corrected chi connectivity index (χ0v) is 14.8. The van der Waals surface area contributed by atoms with Crippen molar-refractivity contribution < 1.29 is 0 Å². The van der Waals surface area contributed by atoms with Gasteiger partial charge in [-0.05, 0) is 49.9 Å². The van der Waals surface area contributed by atoms with Crippen molar-refractivity contribution in [3.63, 3.8) is 0 Å². The summed E-state index contributed by atoms with van der Waals surface area (Å²) in [6.45, 7) is 8.63. The average molecular weight is 314 g/mol. The predicted octanol–water partition coefficient (Wildman–Crippen LogP) is 5.68. The van der Waals surface area contributed by atoms with E-state index in [2.05, 4.69) is 64.1 Å². The number of hydrogen-bond acceptors (Lipinski definition) is 2. The van der Waals surface area contributed by atoms with Crippen LogP contribution in [0, 0.1) is 13.8 Å². The number of pyridine rings is 2. The highest BCUT2D eigenvalue weighted by molar-refractivity contribution is 6.14. The van der Waals surface area contributed by atoms with Gasteiger partial charge in [-0.2, -0.15) is 0 Å². The summed E-state index contributed by atoms with van der Waals surface area (Å²) < 4.78 is 0. The lowest BCUT2D eigenvalue weighted by molar-refractivity contribution is 1.03. The van der Waals surface area contributed by atoms with Gasteiger partial charge in [-0.25, -0.2) is 0 Å². The van der Waals surface area contributed by atoms with Crippen LogP contribution in [0.5, 0.6) is 0 Å². The maximum Gasteiger partial charge on any atom is 0.0784 e. The molecule has 0 saturated heterocycles. The fourth-order valence-electron chi connectivity index (χ4n) is 3.69. The van der Waals surface area contributed by atoms with Crippen molar-refractivity contribution in [1.82, 2.24) is 9.97 Å². The monoisotopic (exact) mass is 314 g/mol. The minimum atomic E-state index is 0.961. The summed E-state index contributed by atoms with van der Waals surface area (Å²) in [7, 11) is 0. The largest absolute Gasteiger partial charge is 0.252 e. The Bertz CT molecular complexity index is 1000. The number of fused-ring (bicyclic) bond motifs is 5. The number of benzene rings is 2. The Morgan fingerprint density at radius 3 is 1.46 bits per heavy atom. The summed E-state index contributed by atoms with van der Waals surface area (Å²) in [5.41, 5.74) is 7.09. The third kappa shape index (κ3) is 2.17. The summed E-state index contributed by atoms with van der Waals surface area (Å²) in [5.74, 6) is 0. The third-order valence-corrected chi connectivity index (χ3v) is 5.02. The molecule has 0 aliphatic carbocycles. The number of aryl methyl sites for hydroxylation is 4. The van der Waals surface area contributed by atoms with Gasteiger partial charge < -0.3 is 0 Å². The standard InChI is InChI=1S/C22H22N2/c1-5-19-13(3)11-15-7-10-18-17(21(15)23-19)9-8-16-12-14(4)20(6-2)24-22(16)18/h7-12H,5-6H2,1-4H3. The van der Waals surface area contributed by atoms with Crippen LogP contribution in [-0.2, 0) is 12.8 Å². The van der Waals surface area contributed by atoms with E-state index in [0.717, 1.165) is 23.9 Å². The highest BCUT2D eigenvalue weighted by Gasteiger charge is 2.10. The molecule has 2 heteroatoms. The van der Waals surface area contributed by atoms with Gasteiger partial charge in [0.2, 0.25) is 0 Å². The molecule has 0 fully saturated rings. The SMILES string of the molecule is CCc1nc2c(ccc3c2ccc2cc(C)c(CC)nc23)cc1C. The van der Waals surface area contributed by atoms with Gasteiger partial charge in [0.25, 0.3) is 0 Å². The lowest BCUT2D eigenvalue weighted by Crippen LogP contribution is -1.96. The molecule has 4 rings (SSSR count). The number of hydrogen-bond donors (Lipinski definition) is 0. The Kier molecular flexibility index (Phi) is 3.49. The van der Waals surface area contributed by atoms with E-state index in [1.165, 1.54) is 44.1 Å². The van der Waals surface area contributed by atoms with Crippen LogP contribution >= 0.6 is 0 Å². The Morgan fingerprint density at radius 1 is 0.667 bits per heavy atom. The maximum atomic E-state index is 4.96. The van der Waals surface area contributed by atoms with Crippen LogP contribution < -0.4 is 0 Å². The molecular weight excluding hydrogens is 292 g/mol. The van der Waals surface area contributed by atoms with Crippen LogP contribution in [-0.4, -0.2) is 9.97 Å². The number of rotatable bonds is 2. The highest BCUT2D eigenvalue weighted by atomic mass is 14.7. The average Bonchev–Trinajstić information content (AvgIpc) is 2.59. The van der Waals surface area contributed by atoms with Crippen LogP contribution in [0.3, 0.4) is 0 Å². The van der Waals surface area contributed by atoms with Gasteiger partial charge in [-0.1, -0.05) is 38.1 Å². The molecule has 0 bridgehead atoms. The van der Waals surface area contributed by atoms with E-state index in [1.54, 1.807) is 0 Å². The molecule has 24 heavy (non-hydrogen) atoms. The first-order valence-corrected chi connectivity index (χ1v) is 8.74. The molecule has 0 saturated carbocycles. The van der Waals surface area contributed by atoms with E-state index < -0.39 is 0 Å². The van der Waals surface area contributed by atoms with E-state index >= 15 is 0 Å². The molecule has 120 valence electrons. The summed E-state index contributed by atoms with van der Waals surface area (Å²) in [6, 6.07) is 13.3. The van der Waals surface area contributed by atoms with Gasteiger partial charge in [-0.15, -0.1) is 0 Å². The first kappa shape index (κ1) is 15.1. The Balaban J connectivity index is 2.15. The van der Waals surface area contributed by atoms with Crippen molar-refractivity contribution in [2.45, 2.75) is 40.5 Å². The van der Waals surface area contributed by atoms with Gasteiger partial charge in [0.05, 0.1) is 11.0 Å². The first-order valence-electron chi connectivity index (χ1n) is 8.74. The molecule has 0 N–H and O–H groups in total. The van der Waals surface area contributed by atoms with Crippen molar-refractivity contribution >= 4 is 32.6 Å². The number of nitrogens with zero attached hydrogens (tertiary/aromatic N) is 2.